The molecule has 3 N–H and O–H groups in total. The number of nitrogens with one attached hydrogen (secondary N) is 3. The Morgan fingerprint density at radius 3 is 2.49 bits per heavy atom. The van der Waals surface area contributed by atoms with Crippen LogP contribution in [0, 0.1) is 11.2 Å². The molecule has 2 aromatic rings. The van der Waals surface area contributed by atoms with Crippen molar-refractivity contribution in [2.24, 2.45) is 9.98 Å². The van der Waals surface area contributed by atoms with E-state index in [1.54, 1.807) is 58.2 Å². The summed E-state index contributed by atoms with van der Waals surface area (Å²) in [6, 6.07) is 11.2. The Balaban J connectivity index is 1.98. The lowest BCUT2D eigenvalue weighted by Crippen LogP contribution is -2.14. The minimum atomic E-state index is -3.39. The molecule has 0 bridgehead atoms. The summed E-state index contributed by atoms with van der Waals surface area (Å²) in [5, 5.41) is 10.6. The van der Waals surface area contributed by atoms with Gasteiger partial charge in [0.1, 0.15) is 5.82 Å². The van der Waals surface area contributed by atoms with Crippen LogP contribution in [0.5, 0.6) is 0 Å². The zero-order valence-electron chi connectivity index (χ0n) is 20.0. The summed E-state index contributed by atoms with van der Waals surface area (Å²) in [6.45, 7) is 8.91. The first-order chi connectivity index (χ1) is 16.6. The fourth-order valence-corrected chi connectivity index (χ4v) is 4.39. The second kappa shape index (κ2) is 10.7. The van der Waals surface area contributed by atoms with Crippen LogP contribution in [0.25, 0.3) is 5.70 Å². The number of rotatable bonds is 8. The number of nitrogens with zero attached hydrogens (tertiary/aromatic N) is 2. The molecule has 10 heteroatoms. The van der Waals surface area contributed by atoms with Crippen LogP contribution in [0.4, 0.5) is 4.39 Å². The van der Waals surface area contributed by atoms with Crippen LogP contribution in [0.1, 0.15) is 37.5 Å². The van der Waals surface area contributed by atoms with E-state index >= 15 is 0 Å². The van der Waals surface area contributed by atoms with Gasteiger partial charge in [-0.05, 0) is 69.9 Å². The predicted molar refractivity (Wildman–Crippen MR) is 137 cm³/mol. The lowest BCUT2D eigenvalue weighted by Gasteiger charge is -2.09. The summed E-state index contributed by atoms with van der Waals surface area (Å²) in [6.07, 6.45) is 1.54. The molecule has 2 aromatic carbocycles. The van der Waals surface area contributed by atoms with Crippen LogP contribution in [-0.2, 0) is 21.2 Å². The minimum Gasteiger partial charge on any atom is -0.380 e. The Morgan fingerprint density at radius 2 is 1.91 bits per heavy atom. The van der Waals surface area contributed by atoms with Gasteiger partial charge in [-0.25, -0.2) is 28.3 Å². The number of allylic oxidation sites excluding steroid dienone is 1. The quantitative estimate of drug-likeness (QED) is 0.377. The maximum atomic E-state index is 14.7. The average Bonchev–Trinajstić information content (AvgIpc) is 3.31. The van der Waals surface area contributed by atoms with Gasteiger partial charge in [-0.1, -0.05) is 18.2 Å². The molecule has 1 heterocycles. The van der Waals surface area contributed by atoms with Crippen LogP contribution in [0.3, 0.4) is 0 Å². The van der Waals surface area contributed by atoms with Gasteiger partial charge in [-0.2, -0.15) is 0 Å². The summed E-state index contributed by atoms with van der Waals surface area (Å²) in [5.74, 6) is -0.479. The van der Waals surface area contributed by atoms with Gasteiger partial charge < -0.3 is 10.2 Å². The third-order valence-corrected chi connectivity index (χ3v) is 7.54. The lowest BCUT2D eigenvalue weighted by atomic mass is 10.1. The Morgan fingerprint density at radius 1 is 1.23 bits per heavy atom. The highest BCUT2D eigenvalue weighted by Crippen LogP contribution is 2.27. The summed E-state index contributed by atoms with van der Waals surface area (Å²) < 4.78 is 39.4. The van der Waals surface area contributed by atoms with Crippen molar-refractivity contribution in [3.05, 3.63) is 82.5 Å². The molecular weight excluding hydrogens is 469 g/mol. The van der Waals surface area contributed by atoms with Gasteiger partial charge in [-0.15, -0.1) is 0 Å². The maximum Gasteiger partial charge on any atom is 0.186 e. The van der Waals surface area contributed by atoms with Crippen molar-refractivity contribution >= 4 is 33.8 Å². The molecular formula is C25H28FN5O3S. The van der Waals surface area contributed by atoms with Crippen molar-refractivity contribution in [2.45, 2.75) is 37.5 Å². The summed E-state index contributed by atoms with van der Waals surface area (Å²) in [4.78, 5) is 13.9. The molecule has 0 aromatic heterocycles. The van der Waals surface area contributed by atoms with Gasteiger partial charge in [-0.3, -0.25) is 5.41 Å². The first-order valence-electron chi connectivity index (χ1n) is 10.9. The predicted octanol–water partition coefficient (Wildman–Crippen LogP) is 4.00. The monoisotopic (exact) mass is 497 g/mol. The van der Waals surface area contributed by atoms with Crippen molar-refractivity contribution < 1.29 is 17.6 Å². The van der Waals surface area contributed by atoms with Crippen molar-refractivity contribution in [3.8, 4) is 0 Å². The molecule has 3 rings (SSSR count). The SMILES string of the molecule is C=NC(=N)C(N=C(C)c1ccc(S(=O)(=O)C(C)C)cc1)=C1C=C(c2ccc(CNC)cc2F)NO1. The van der Waals surface area contributed by atoms with E-state index in [1.807, 2.05) is 0 Å². The van der Waals surface area contributed by atoms with Gasteiger partial charge >= 0.3 is 0 Å². The fraction of sp³-hybridized carbons (Fsp3) is 0.240. The molecule has 0 fully saturated rings. The second-order valence-electron chi connectivity index (χ2n) is 8.14. The van der Waals surface area contributed by atoms with E-state index in [9.17, 15) is 12.8 Å². The van der Waals surface area contributed by atoms with Crippen LogP contribution >= 0.6 is 0 Å². The molecule has 0 unspecified atom stereocenters. The highest BCUT2D eigenvalue weighted by molar-refractivity contribution is 7.92. The van der Waals surface area contributed by atoms with Crippen LogP contribution in [-0.4, -0.2) is 39.0 Å². The van der Waals surface area contributed by atoms with Crippen molar-refractivity contribution in [1.82, 2.24) is 10.8 Å². The summed E-state index contributed by atoms with van der Waals surface area (Å²) in [5.41, 5.74) is 5.40. The van der Waals surface area contributed by atoms with Crippen LogP contribution in [0.15, 0.2) is 74.9 Å². The number of aliphatic imine (C=N–C) groups is 2. The maximum absolute atomic E-state index is 14.7. The highest BCUT2D eigenvalue weighted by Gasteiger charge is 2.22. The molecule has 1 aliphatic rings. The zero-order valence-corrected chi connectivity index (χ0v) is 20.8. The number of hydrogen-bond acceptors (Lipinski definition) is 7. The molecule has 0 saturated carbocycles. The summed E-state index contributed by atoms with van der Waals surface area (Å²) >= 11 is 0. The Hall–Kier alpha value is -3.63. The van der Waals surface area contributed by atoms with Gasteiger partial charge in [0, 0.05) is 23.9 Å². The van der Waals surface area contributed by atoms with E-state index in [0.717, 1.165) is 5.56 Å². The number of benzene rings is 2. The Kier molecular flexibility index (Phi) is 7.98. The van der Waals surface area contributed by atoms with E-state index in [1.165, 1.54) is 18.2 Å². The van der Waals surface area contributed by atoms with Gasteiger partial charge in [0.2, 0.25) is 0 Å². The van der Waals surface area contributed by atoms with Crippen molar-refractivity contribution in [1.29, 1.82) is 5.41 Å². The second-order valence-corrected chi connectivity index (χ2v) is 10.6. The van der Waals surface area contributed by atoms with Crippen LogP contribution < -0.4 is 10.8 Å². The van der Waals surface area contributed by atoms with Crippen LogP contribution in [0.2, 0.25) is 0 Å². The first kappa shape index (κ1) is 26.0. The van der Waals surface area contributed by atoms with E-state index < -0.39 is 20.9 Å². The zero-order chi connectivity index (χ0) is 25.8. The van der Waals surface area contributed by atoms with E-state index in [-0.39, 0.29) is 22.2 Å². The number of hydroxylamine groups is 1. The summed E-state index contributed by atoms with van der Waals surface area (Å²) in [7, 11) is -1.61. The van der Waals surface area contributed by atoms with Gasteiger partial charge in [0.25, 0.3) is 0 Å². The molecule has 0 amide bonds. The Bertz CT molecular complexity index is 1340. The third kappa shape index (κ3) is 5.72. The molecule has 35 heavy (non-hydrogen) atoms. The standard InChI is InChI=1S/C25H28FN5O3S/c1-15(2)35(32,33)19-9-7-18(8-10-19)16(3)30-24(25(27)29-5)23-13-22(31-34-23)20-11-6-17(14-28-4)12-21(20)26/h6-13,15,27-28,31H,5,14H2,1-4H3. The van der Waals surface area contributed by atoms with E-state index in [4.69, 9.17) is 10.2 Å². The number of hydrogen-bond donors (Lipinski definition) is 3. The van der Waals surface area contributed by atoms with Gasteiger partial charge in [0.05, 0.1) is 15.8 Å². The lowest BCUT2D eigenvalue weighted by molar-refractivity contribution is 0.175. The molecule has 0 spiro atoms. The molecule has 184 valence electrons. The van der Waals surface area contributed by atoms with E-state index in [0.29, 0.717) is 29.1 Å². The van der Waals surface area contributed by atoms with E-state index in [2.05, 4.69) is 27.5 Å². The molecule has 0 radical (unpaired) electrons. The first-order valence-corrected chi connectivity index (χ1v) is 12.4. The highest BCUT2D eigenvalue weighted by atomic mass is 32.2. The van der Waals surface area contributed by atoms with Crippen molar-refractivity contribution in [2.75, 3.05) is 7.05 Å². The normalized spacial score (nSPS) is 15.4. The molecule has 8 nitrogen and oxygen atoms in total. The fourth-order valence-electron chi connectivity index (χ4n) is 3.33. The molecule has 0 aliphatic carbocycles. The number of amidine groups is 1. The average molecular weight is 498 g/mol. The molecule has 0 saturated heterocycles. The third-order valence-electron chi connectivity index (χ3n) is 5.37. The van der Waals surface area contributed by atoms with Crippen molar-refractivity contribution in [3.63, 3.8) is 0 Å². The molecule has 0 atom stereocenters. The number of sulfone groups is 1. The topological polar surface area (TPSA) is 116 Å². The smallest absolute Gasteiger partial charge is 0.186 e. The number of halogens is 1. The van der Waals surface area contributed by atoms with Gasteiger partial charge in [0.15, 0.2) is 27.1 Å². The Labute approximate surface area is 204 Å². The minimum absolute atomic E-state index is 0.0890. The largest absolute Gasteiger partial charge is 0.380 e. The molecule has 1 aliphatic heterocycles.